The van der Waals surface area contributed by atoms with Crippen molar-refractivity contribution in [3.63, 3.8) is 0 Å². The van der Waals surface area contributed by atoms with Crippen LogP contribution in [0.15, 0.2) is 0 Å². The van der Waals surface area contributed by atoms with Gasteiger partial charge in [0.25, 0.3) is 0 Å². The number of ketones is 1. The average Bonchev–Trinajstić information content (AvgIpc) is 2.97. The molecule has 0 bridgehead atoms. The quantitative estimate of drug-likeness (QED) is 0.847. The van der Waals surface area contributed by atoms with E-state index in [1.165, 1.54) is 19.3 Å². The van der Waals surface area contributed by atoms with E-state index in [1.807, 2.05) is 25.8 Å². The molecule has 4 nitrogen and oxygen atoms in total. The SMILES string of the molecule is CN[C@H](C(=O)N1CCC[C@H]1C(=O)C(C)C)C1CCCCC1. The highest BCUT2D eigenvalue weighted by Crippen LogP contribution is 2.29. The molecule has 2 aliphatic rings. The molecule has 0 radical (unpaired) electrons. The van der Waals surface area contributed by atoms with Gasteiger partial charge in [0, 0.05) is 12.5 Å². The van der Waals surface area contributed by atoms with Crippen molar-refractivity contribution >= 4 is 11.7 Å². The topological polar surface area (TPSA) is 49.4 Å². The maximum absolute atomic E-state index is 12.9. The molecule has 4 heteroatoms. The van der Waals surface area contributed by atoms with Gasteiger partial charge < -0.3 is 10.2 Å². The van der Waals surface area contributed by atoms with Gasteiger partial charge in [-0.15, -0.1) is 0 Å². The Bertz CT molecular complexity index is 375. The predicted molar refractivity (Wildman–Crippen MR) is 84.0 cm³/mol. The zero-order valence-electron chi connectivity index (χ0n) is 13.7. The molecule has 1 aliphatic heterocycles. The molecule has 1 saturated heterocycles. The lowest BCUT2D eigenvalue weighted by Gasteiger charge is -2.34. The van der Waals surface area contributed by atoms with Gasteiger partial charge in [-0.1, -0.05) is 33.1 Å². The number of Topliss-reactive ketones (excluding diaryl/α,β-unsaturated/α-hetero) is 1. The summed E-state index contributed by atoms with van der Waals surface area (Å²) in [5.74, 6) is 0.818. The molecule has 0 aromatic heterocycles. The molecular weight excluding hydrogens is 264 g/mol. The lowest BCUT2D eigenvalue weighted by molar-refractivity contribution is -0.141. The van der Waals surface area contributed by atoms with E-state index in [0.717, 1.165) is 32.2 Å². The fraction of sp³-hybridized carbons (Fsp3) is 0.882. The monoisotopic (exact) mass is 294 g/mol. The molecule has 0 aromatic rings. The second kappa shape index (κ2) is 7.39. The highest BCUT2D eigenvalue weighted by molar-refractivity contribution is 5.92. The second-order valence-electron chi connectivity index (χ2n) is 6.91. The number of nitrogens with zero attached hydrogens (tertiary/aromatic N) is 1. The molecule has 1 amide bonds. The summed E-state index contributed by atoms with van der Waals surface area (Å²) in [6, 6.07) is -0.289. The molecule has 21 heavy (non-hydrogen) atoms. The molecule has 2 rings (SSSR count). The van der Waals surface area contributed by atoms with Crippen LogP contribution in [0.2, 0.25) is 0 Å². The molecule has 0 spiro atoms. The number of amides is 1. The molecule has 2 fully saturated rings. The van der Waals surface area contributed by atoms with E-state index in [1.54, 1.807) is 0 Å². The van der Waals surface area contributed by atoms with Gasteiger partial charge in [-0.05, 0) is 38.6 Å². The fourth-order valence-electron chi connectivity index (χ4n) is 3.92. The second-order valence-corrected chi connectivity index (χ2v) is 6.91. The van der Waals surface area contributed by atoms with E-state index < -0.39 is 0 Å². The number of rotatable bonds is 5. The van der Waals surface area contributed by atoms with Crippen LogP contribution in [0.25, 0.3) is 0 Å². The molecular formula is C17H30N2O2. The van der Waals surface area contributed by atoms with Crippen LogP contribution in [-0.4, -0.2) is 42.3 Å². The highest BCUT2D eigenvalue weighted by atomic mass is 16.2. The summed E-state index contributed by atoms with van der Waals surface area (Å²) < 4.78 is 0. The van der Waals surface area contributed by atoms with Crippen molar-refractivity contribution in [2.45, 2.75) is 70.9 Å². The van der Waals surface area contributed by atoms with Crippen molar-refractivity contribution in [2.75, 3.05) is 13.6 Å². The number of likely N-dealkylation sites (N-methyl/N-ethyl adjacent to an activating group) is 1. The Morgan fingerprint density at radius 3 is 2.29 bits per heavy atom. The minimum absolute atomic E-state index is 0.00566. The van der Waals surface area contributed by atoms with Crippen molar-refractivity contribution in [2.24, 2.45) is 11.8 Å². The van der Waals surface area contributed by atoms with Crippen LogP contribution >= 0.6 is 0 Å². The van der Waals surface area contributed by atoms with Crippen molar-refractivity contribution in [3.05, 3.63) is 0 Å². The van der Waals surface area contributed by atoms with E-state index >= 15 is 0 Å². The summed E-state index contributed by atoms with van der Waals surface area (Å²) in [6.07, 6.45) is 7.80. The molecule has 1 saturated carbocycles. The molecule has 2 atom stereocenters. The number of carbonyl (C=O) groups is 2. The summed E-state index contributed by atoms with van der Waals surface area (Å²) in [4.78, 5) is 27.1. The van der Waals surface area contributed by atoms with E-state index in [2.05, 4.69) is 5.32 Å². The van der Waals surface area contributed by atoms with Gasteiger partial charge in [0.15, 0.2) is 5.78 Å². The molecule has 1 heterocycles. The van der Waals surface area contributed by atoms with Gasteiger partial charge in [0.2, 0.25) is 5.91 Å². The Kier molecular flexibility index (Phi) is 5.80. The number of likely N-dealkylation sites (tertiary alicyclic amines) is 1. The standard InChI is InChI=1S/C17H30N2O2/c1-12(2)16(20)14-10-7-11-19(14)17(21)15(18-3)13-8-5-4-6-9-13/h12-15,18H,4-11H2,1-3H3/t14-,15-/m0/s1. The van der Waals surface area contributed by atoms with Crippen LogP contribution in [-0.2, 0) is 9.59 Å². The van der Waals surface area contributed by atoms with Crippen molar-refractivity contribution < 1.29 is 9.59 Å². The summed E-state index contributed by atoms with van der Waals surface area (Å²) >= 11 is 0. The third kappa shape index (κ3) is 3.65. The van der Waals surface area contributed by atoms with Gasteiger partial charge in [-0.2, -0.15) is 0 Å². The van der Waals surface area contributed by atoms with Gasteiger partial charge in [0.05, 0.1) is 12.1 Å². The van der Waals surface area contributed by atoms with Crippen LogP contribution in [0, 0.1) is 11.8 Å². The normalized spacial score (nSPS) is 25.3. The fourth-order valence-corrected chi connectivity index (χ4v) is 3.92. The average molecular weight is 294 g/mol. The Hall–Kier alpha value is -0.900. The number of carbonyl (C=O) groups excluding carboxylic acids is 2. The van der Waals surface area contributed by atoms with Crippen molar-refractivity contribution in [3.8, 4) is 0 Å². The maximum atomic E-state index is 12.9. The molecule has 1 aliphatic carbocycles. The lowest BCUT2D eigenvalue weighted by Crippen LogP contribution is -2.53. The summed E-state index contributed by atoms with van der Waals surface area (Å²) in [5, 5.41) is 3.23. The van der Waals surface area contributed by atoms with Gasteiger partial charge >= 0.3 is 0 Å². The zero-order chi connectivity index (χ0) is 15.4. The minimum atomic E-state index is -0.183. The molecule has 1 N–H and O–H groups in total. The summed E-state index contributed by atoms with van der Waals surface area (Å²) in [5.41, 5.74) is 0. The number of hydrogen-bond acceptors (Lipinski definition) is 3. The third-order valence-corrected chi connectivity index (χ3v) is 5.13. The minimum Gasteiger partial charge on any atom is -0.331 e. The van der Waals surface area contributed by atoms with Crippen LogP contribution in [0.3, 0.4) is 0 Å². The predicted octanol–water partition coefficient (Wildman–Crippen LogP) is 2.37. The number of nitrogens with one attached hydrogen (secondary N) is 1. The first-order chi connectivity index (χ1) is 10.1. The Balaban J connectivity index is 2.07. The van der Waals surface area contributed by atoms with Gasteiger partial charge in [-0.3, -0.25) is 9.59 Å². The van der Waals surface area contributed by atoms with E-state index in [0.29, 0.717) is 5.92 Å². The lowest BCUT2D eigenvalue weighted by atomic mass is 9.83. The van der Waals surface area contributed by atoms with Crippen LogP contribution < -0.4 is 5.32 Å². The number of hydrogen-bond donors (Lipinski definition) is 1. The van der Waals surface area contributed by atoms with Gasteiger partial charge in [0.1, 0.15) is 0 Å². The first-order valence-electron chi connectivity index (χ1n) is 8.57. The molecule has 0 aromatic carbocycles. The Morgan fingerprint density at radius 1 is 1.05 bits per heavy atom. The Morgan fingerprint density at radius 2 is 1.71 bits per heavy atom. The van der Waals surface area contributed by atoms with E-state index in [9.17, 15) is 9.59 Å². The van der Waals surface area contributed by atoms with Crippen LogP contribution in [0.5, 0.6) is 0 Å². The van der Waals surface area contributed by atoms with Crippen molar-refractivity contribution in [1.82, 2.24) is 10.2 Å². The smallest absolute Gasteiger partial charge is 0.240 e. The summed E-state index contributed by atoms with van der Waals surface area (Å²) in [6.45, 7) is 4.60. The van der Waals surface area contributed by atoms with Crippen LogP contribution in [0.1, 0.15) is 58.8 Å². The largest absolute Gasteiger partial charge is 0.331 e. The van der Waals surface area contributed by atoms with Crippen LogP contribution in [0.4, 0.5) is 0 Å². The zero-order valence-corrected chi connectivity index (χ0v) is 13.7. The summed E-state index contributed by atoms with van der Waals surface area (Å²) in [7, 11) is 1.88. The first-order valence-corrected chi connectivity index (χ1v) is 8.57. The molecule has 120 valence electrons. The maximum Gasteiger partial charge on any atom is 0.240 e. The molecule has 0 unspecified atom stereocenters. The Labute approximate surface area is 128 Å². The highest BCUT2D eigenvalue weighted by Gasteiger charge is 2.39. The van der Waals surface area contributed by atoms with Gasteiger partial charge in [-0.25, -0.2) is 0 Å². The van der Waals surface area contributed by atoms with E-state index in [4.69, 9.17) is 0 Å². The first kappa shape index (κ1) is 16.5. The van der Waals surface area contributed by atoms with E-state index in [-0.39, 0.29) is 29.7 Å². The third-order valence-electron chi connectivity index (χ3n) is 5.13. The van der Waals surface area contributed by atoms with Crippen molar-refractivity contribution in [1.29, 1.82) is 0 Å².